The zero-order valence-corrected chi connectivity index (χ0v) is 33.6. The molecule has 0 aliphatic carbocycles. The molecule has 286 valence electrons. The van der Waals surface area contributed by atoms with E-state index in [4.69, 9.17) is 0 Å². The maximum atomic E-state index is 2.42. The fraction of sp³-hybridized carbons (Fsp3) is 0. The Hall–Kier alpha value is -8.00. The Bertz CT molecular complexity index is 3320. The van der Waals surface area contributed by atoms with Crippen molar-refractivity contribution in [2.24, 2.45) is 0 Å². The third-order valence-corrected chi connectivity index (χ3v) is 12.0. The van der Waals surface area contributed by atoms with Gasteiger partial charge in [0.2, 0.25) is 0 Å². The van der Waals surface area contributed by atoms with E-state index >= 15 is 0 Å². The van der Waals surface area contributed by atoms with Gasteiger partial charge in [0, 0.05) is 17.1 Å². The molecular formula is C60H41N. The van der Waals surface area contributed by atoms with Crippen LogP contribution in [-0.2, 0) is 0 Å². The summed E-state index contributed by atoms with van der Waals surface area (Å²) in [4.78, 5) is 2.42. The molecule has 0 bridgehead atoms. The van der Waals surface area contributed by atoms with E-state index in [0.29, 0.717) is 0 Å². The molecule has 0 fully saturated rings. The smallest absolute Gasteiger partial charge is 0.0473 e. The highest BCUT2D eigenvalue weighted by atomic mass is 15.1. The van der Waals surface area contributed by atoms with E-state index in [1.165, 1.54) is 82.4 Å². The van der Waals surface area contributed by atoms with Crippen LogP contribution in [0.4, 0.5) is 17.1 Å². The summed E-state index contributed by atoms with van der Waals surface area (Å²) < 4.78 is 0. The molecule has 0 aliphatic rings. The van der Waals surface area contributed by atoms with Crippen LogP contribution in [0.5, 0.6) is 0 Å². The molecule has 0 spiro atoms. The number of hydrogen-bond acceptors (Lipinski definition) is 1. The molecule has 0 aliphatic heterocycles. The highest BCUT2D eigenvalue weighted by molar-refractivity contribution is 6.21. The minimum atomic E-state index is 1.08. The Kier molecular flexibility index (Phi) is 9.26. The summed E-state index contributed by atoms with van der Waals surface area (Å²) in [6.07, 6.45) is 0. The van der Waals surface area contributed by atoms with Gasteiger partial charge < -0.3 is 4.90 Å². The quantitative estimate of drug-likeness (QED) is 0.139. The highest BCUT2D eigenvalue weighted by Gasteiger charge is 2.19. The van der Waals surface area contributed by atoms with E-state index in [2.05, 4.69) is 254 Å². The van der Waals surface area contributed by atoms with Crippen LogP contribution in [0.1, 0.15) is 0 Å². The maximum Gasteiger partial charge on any atom is 0.0473 e. The molecule has 0 saturated carbocycles. The molecule has 11 aromatic carbocycles. The second kappa shape index (κ2) is 15.6. The van der Waals surface area contributed by atoms with Crippen LogP contribution < -0.4 is 4.90 Å². The topological polar surface area (TPSA) is 3.24 Å². The SMILES string of the molecule is c1ccc(-c2ccc(-c3ccc(N(c4cccc(-c5ccccc5)c4)c4cc(-c5ccccc5)cc(-c5cc6c7ccccc7ccc6c6ccccc56)c4)cc3)cc2)cc1. The zero-order valence-electron chi connectivity index (χ0n) is 33.6. The van der Waals surface area contributed by atoms with Gasteiger partial charge in [0.25, 0.3) is 0 Å². The summed E-state index contributed by atoms with van der Waals surface area (Å²) in [5.41, 5.74) is 15.1. The first kappa shape index (κ1) is 36.1. The summed E-state index contributed by atoms with van der Waals surface area (Å²) in [6.45, 7) is 0. The fourth-order valence-corrected chi connectivity index (χ4v) is 8.98. The average Bonchev–Trinajstić information content (AvgIpc) is 3.35. The monoisotopic (exact) mass is 775 g/mol. The van der Waals surface area contributed by atoms with Crippen LogP contribution in [0.2, 0.25) is 0 Å². The molecule has 0 atom stereocenters. The largest absolute Gasteiger partial charge is 0.310 e. The fourth-order valence-electron chi connectivity index (χ4n) is 8.98. The van der Waals surface area contributed by atoms with E-state index in [-0.39, 0.29) is 0 Å². The van der Waals surface area contributed by atoms with Crippen LogP contribution >= 0.6 is 0 Å². The van der Waals surface area contributed by atoms with Gasteiger partial charge in [0.1, 0.15) is 0 Å². The number of fused-ring (bicyclic) bond motifs is 5. The molecule has 11 aromatic rings. The van der Waals surface area contributed by atoms with E-state index < -0.39 is 0 Å². The maximum absolute atomic E-state index is 2.42. The average molecular weight is 776 g/mol. The number of hydrogen-bond donors (Lipinski definition) is 0. The van der Waals surface area contributed by atoms with Gasteiger partial charge in [0.15, 0.2) is 0 Å². The predicted octanol–water partition coefficient (Wildman–Crippen LogP) is 17.0. The molecular weight excluding hydrogens is 735 g/mol. The summed E-state index contributed by atoms with van der Waals surface area (Å²) >= 11 is 0. The van der Waals surface area contributed by atoms with Gasteiger partial charge in [-0.25, -0.2) is 0 Å². The molecule has 0 radical (unpaired) electrons. The number of rotatable bonds is 8. The van der Waals surface area contributed by atoms with Crippen molar-refractivity contribution in [2.45, 2.75) is 0 Å². The Morgan fingerprint density at radius 3 is 1.31 bits per heavy atom. The van der Waals surface area contributed by atoms with E-state index in [0.717, 1.165) is 22.6 Å². The summed E-state index contributed by atoms with van der Waals surface area (Å²) in [5.74, 6) is 0. The lowest BCUT2D eigenvalue weighted by atomic mass is 9.89. The van der Waals surface area contributed by atoms with Crippen molar-refractivity contribution in [3.63, 3.8) is 0 Å². The minimum Gasteiger partial charge on any atom is -0.310 e. The molecule has 11 rings (SSSR count). The third-order valence-electron chi connectivity index (χ3n) is 12.0. The van der Waals surface area contributed by atoms with E-state index in [9.17, 15) is 0 Å². The highest BCUT2D eigenvalue weighted by Crippen LogP contribution is 2.44. The van der Waals surface area contributed by atoms with Crippen molar-refractivity contribution in [2.75, 3.05) is 4.90 Å². The minimum absolute atomic E-state index is 1.08. The van der Waals surface area contributed by atoms with Gasteiger partial charge in [-0.15, -0.1) is 0 Å². The molecule has 1 heteroatoms. The van der Waals surface area contributed by atoms with Gasteiger partial charge in [0.05, 0.1) is 0 Å². The summed E-state index contributed by atoms with van der Waals surface area (Å²) in [5, 5.41) is 7.54. The van der Waals surface area contributed by atoms with Gasteiger partial charge in [-0.05, 0) is 136 Å². The van der Waals surface area contributed by atoms with Crippen molar-refractivity contribution in [1.29, 1.82) is 0 Å². The van der Waals surface area contributed by atoms with Crippen LogP contribution in [0.25, 0.3) is 88.0 Å². The van der Waals surface area contributed by atoms with Gasteiger partial charge in [-0.1, -0.05) is 200 Å². The molecule has 0 heterocycles. The Morgan fingerprint density at radius 1 is 0.197 bits per heavy atom. The molecule has 0 unspecified atom stereocenters. The van der Waals surface area contributed by atoms with Gasteiger partial charge in [-0.2, -0.15) is 0 Å². The van der Waals surface area contributed by atoms with Crippen molar-refractivity contribution >= 4 is 49.4 Å². The summed E-state index contributed by atoms with van der Waals surface area (Å²) in [7, 11) is 0. The van der Waals surface area contributed by atoms with Crippen molar-refractivity contribution < 1.29 is 0 Å². The predicted molar refractivity (Wildman–Crippen MR) is 261 cm³/mol. The van der Waals surface area contributed by atoms with Gasteiger partial charge in [-0.3, -0.25) is 0 Å². The first-order valence-corrected chi connectivity index (χ1v) is 21.0. The van der Waals surface area contributed by atoms with Crippen LogP contribution in [-0.4, -0.2) is 0 Å². The lowest BCUT2D eigenvalue weighted by Crippen LogP contribution is -2.10. The Morgan fingerprint density at radius 2 is 0.656 bits per heavy atom. The molecule has 0 N–H and O–H groups in total. The van der Waals surface area contributed by atoms with Crippen molar-refractivity contribution in [3.8, 4) is 55.6 Å². The number of anilines is 3. The zero-order chi connectivity index (χ0) is 40.5. The van der Waals surface area contributed by atoms with Crippen molar-refractivity contribution in [3.05, 3.63) is 249 Å². The normalized spacial score (nSPS) is 11.3. The number of benzene rings is 11. The van der Waals surface area contributed by atoms with Crippen LogP contribution in [0, 0.1) is 0 Å². The van der Waals surface area contributed by atoms with Crippen molar-refractivity contribution in [1.82, 2.24) is 0 Å². The summed E-state index contributed by atoms with van der Waals surface area (Å²) in [6, 6.07) is 90.6. The van der Waals surface area contributed by atoms with E-state index in [1.807, 2.05) is 0 Å². The van der Waals surface area contributed by atoms with Crippen LogP contribution in [0.15, 0.2) is 249 Å². The first-order valence-electron chi connectivity index (χ1n) is 21.0. The second-order valence-electron chi connectivity index (χ2n) is 15.7. The van der Waals surface area contributed by atoms with Gasteiger partial charge >= 0.3 is 0 Å². The lowest BCUT2D eigenvalue weighted by Gasteiger charge is -2.28. The second-order valence-corrected chi connectivity index (χ2v) is 15.7. The molecule has 0 aromatic heterocycles. The van der Waals surface area contributed by atoms with E-state index in [1.54, 1.807) is 0 Å². The third kappa shape index (κ3) is 6.93. The molecule has 61 heavy (non-hydrogen) atoms. The standard InChI is InChI=1S/C60H41N/c1-4-15-42(16-5-1)45-27-29-46(30-28-45)47-31-34-52(35-32-47)61(53-23-14-22-49(38-53)43-17-6-2-7-18-43)54-39-50(44-19-8-3-9-20-44)37-51(40-54)59-41-60-55-24-11-10-21-48(55)33-36-58(60)56-25-12-13-26-57(56)59/h1-41H. The Labute approximate surface area is 357 Å². The molecule has 0 amide bonds. The number of nitrogens with zero attached hydrogens (tertiary/aromatic N) is 1. The van der Waals surface area contributed by atoms with Crippen LogP contribution in [0.3, 0.4) is 0 Å². The lowest BCUT2D eigenvalue weighted by molar-refractivity contribution is 1.28. The molecule has 1 nitrogen and oxygen atoms in total. The molecule has 0 saturated heterocycles. The Balaban J connectivity index is 1.11. The first-order chi connectivity index (χ1) is 30.2.